The summed E-state index contributed by atoms with van der Waals surface area (Å²) in [5, 5.41) is 5.98. The molecular weight excluding hydrogens is 461 g/mol. The lowest BCUT2D eigenvalue weighted by atomic mass is 10.1. The van der Waals surface area contributed by atoms with Gasteiger partial charge in [-0.15, -0.1) is 0 Å². The molecule has 0 aromatic heterocycles. The highest BCUT2D eigenvalue weighted by molar-refractivity contribution is 7.01. The Morgan fingerprint density at radius 3 is 1.23 bits per heavy atom. The number of hydrogen-bond donors (Lipinski definition) is 0. The van der Waals surface area contributed by atoms with Crippen LogP contribution in [0.3, 0.4) is 0 Å². The molecule has 0 spiro atoms. The molecule has 4 heteroatoms. The molecule has 0 saturated carbocycles. The first-order valence-corrected chi connectivity index (χ1v) is 18.3. The maximum absolute atomic E-state index is 5.41. The maximum Gasteiger partial charge on any atom is 0.118 e. The summed E-state index contributed by atoms with van der Waals surface area (Å²) < 4.78 is 10.8. The number of rotatable bonds is 6. The van der Waals surface area contributed by atoms with Crippen LogP contribution >= 0.6 is 0 Å². The predicted octanol–water partition coefficient (Wildman–Crippen LogP) is 4.92. The van der Waals surface area contributed by atoms with Gasteiger partial charge in [0.15, 0.2) is 0 Å². The lowest BCUT2D eigenvalue weighted by Gasteiger charge is -2.27. The highest BCUT2D eigenvalue weighted by Gasteiger charge is 2.36. The van der Waals surface area contributed by atoms with Crippen molar-refractivity contribution in [2.24, 2.45) is 0 Å². The quantitative estimate of drug-likeness (QED) is 0.312. The minimum absolute atomic E-state index is 0.916. The van der Waals surface area contributed by atoms with Crippen LogP contribution in [0.15, 0.2) is 84.9 Å². The largest absolute Gasteiger partial charge is 0.497 e. The minimum atomic E-state index is -1.88. The second kappa shape index (κ2) is 8.85. The van der Waals surface area contributed by atoms with E-state index in [0.29, 0.717) is 0 Å². The van der Waals surface area contributed by atoms with Gasteiger partial charge in [0.2, 0.25) is 0 Å². The van der Waals surface area contributed by atoms with Gasteiger partial charge >= 0.3 is 0 Å². The highest BCUT2D eigenvalue weighted by Crippen LogP contribution is 2.36. The van der Waals surface area contributed by atoms with Gasteiger partial charge in [-0.1, -0.05) is 108 Å². The Hall–Kier alpha value is -3.09. The van der Waals surface area contributed by atoms with Crippen molar-refractivity contribution in [3.8, 4) is 22.6 Å². The van der Waals surface area contributed by atoms with E-state index in [9.17, 15) is 0 Å². The molecule has 178 valence electrons. The van der Waals surface area contributed by atoms with E-state index in [0.717, 1.165) is 17.9 Å². The number of hydrogen-bond acceptors (Lipinski definition) is 2. The fourth-order valence-electron chi connectivity index (χ4n) is 5.73. The average Bonchev–Trinajstić information content (AvgIpc) is 3.27. The molecular formula is C31H34O2Si2. The van der Waals surface area contributed by atoms with Crippen molar-refractivity contribution in [3.63, 3.8) is 0 Å². The van der Waals surface area contributed by atoms with Crippen molar-refractivity contribution in [2.45, 2.75) is 32.6 Å². The first-order chi connectivity index (χ1) is 16.8. The van der Waals surface area contributed by atoms with Gasteiger partial charge < -0.3 is 9.47 Å². The van der Waals surface area contributed by atoms with Crippen molar-refractivity contribution in [3.05, 3.63) is 96.1 Å². The van der Waals surface area contributed by atoms with E-state index in [1.54, 1.807) is 24.6 Å². The monoisotopic (exact) mass is 494 g/mol. The highest BCUT2D eigenvalue weighted by atomic mass is 28.3. The first-order valence-electron chi connectivity index (χ1n) is 12.3. The zero-order valence-corrected chi connectivity index (χ0v) is 23.6. The standard InChI is InChI=1S/C31H34O2Si2/c1-32-22-13-17-24(18-14-22)34(3,4)30-11-7-9-26-27-10-8-12-31(29(27)21-28(26)30)35(5,6)25-19-15-23(33-2)16-20-25/h7-20H,21H2,1-6H3. The van der Waals surface area contributed by atoms with Crippen molar-refractivity contribution < 1.29 is 9.47 Å². The molecule has 0 unspecified atom stereocenters. The van der Waals surface area contributed by atoms with Crippen molar-refractivity contribution in [1.29, 1.82) is 0 Å². The van der Waals surface area contributed by atoms with Gasteiger partial charge in [-0.3, -0.25) is 0 Å². The average molecular weight is 495 g/mol. The van der Waals surface area contributed by atoms with Gasteiger partial charge in [-0.2, -0.15) is 0 Å². The second-order valence-corrected chi connectivity index (χ2v) is 19.3. The molecule has 1 aliphatic carbocycles. The lowest BCUT2D eigenvalue weighted by molar-refractivity contribution is 0.415. The second-order valence-electron chi connectivity index (χ2n) is 10.5. The molecule has 0 bridgehead atoms. The van der Waals surface area contributed by atoms with E-state index in [2.05, 4.69) is 111 Å². The van der Waals surface area contributed by atoms with E-state index in [4.69, 9.17) is 9.47 Å². The summed E-state index contributed by atoms with van der Waals surface area (Å²) >= 11 is 0. The van der Waals surface area contributed by atoms with Crippen LogP contribution < -0.4 is 30.2 Å². The van der Waals surface area contributed by atoms with E-state index in [1.165, 1.54) is 32.6 Å². The summed E-state index contributed by atoms with van der Waals surface area (Å²) in [6.45, 7) is 9.91. The molecule has 1 aliphatic rings. The SMILES string of the molecule is COc1ccc([Si](C)(C)c2cccc3c2Cc2c-3cccc2[Si](C)(C)c2ccc(OC)cc2)cc1. The van der Waals surface area contributed by atoms with E-state index >= 15 is 0 Å². The summed E-state index contributed by atoms with van der Waals surface area (Å²) in [5.74, 6) is 1.83. The molecule has 0 aliphatic heterocycles. The fourth-order valence-corrected chi connectivity index (χ4v) is 11.3. The zero-order valence-electron chi connectivity index (χ0n) is 21.6. The Balaban J connectivity index is 1.58. The normalized spacial score (nSPS) is 12.7. The number of ether oxygens (including phenoxy) is 2. The van der Waals surface area contributed by atoms with Crippen LogP contribution in [0.1, 0.15) is 11.1 Å². The molecule has 0 amide bonds. The molecule has 0 radical (unpaired) electrons. The topological polar surface area (TPSA) is 18.5 Å². The third-order valence-corrected chi connectivity index (χ3v) is 15.1. The number of fused-ring (bicyclic) bond motifs is 3. The third kappa shape index (κ3) is 3.95. The summed E-state index contributed by atoms with van der Waals surface area (Å²) in [6, 6.07) is 31.4. The van der Waals surface area contributed by atoms with Crippen molar-refractivity contribution in [1.82, 2.24) is 0 Å². The van der Waals surface area contributed by atoms with Crippen LogP contribution in [0.2, 0.25) is 26.2 Å². The first kappa shape index (κ1) is 23.6. The smallest absolute Gasteiger partial charge is 0.118 e. The van der Waals surface area contributed by atoms with Gasteiger partial charge in [0.25, 0.3) is 0 Å². The molecule has 0 heterocycles. The molecule has 4 aromatic carbocycles. The lowest BCUT2D eigenvalue weighted by Crippen LogP contribution is -2.55. The van der Waals surface area contributed by atoms with Gasteiger partial charge in [-0.05, 0) is 52.9 Å². The molecule has 35 heavy (non-hydrogen) atoms. The van der Waals surface area contributed by atoms with Crippen LogP contribution in [0.5, 0.6) is 11.5 Å². The number of methoxy groups -OCH3 is 2. The minimum Gasteiger partial charge on any atom is -0.497 e. The zero-order chi connectivity index (χ0) is 24.8. The maximum atomic E-state index is 5.41. The molecule has 5 rings (SSSR count). The molecule has 0 saturated heterocycles. The fraction of sp³-hybridized carbons (Fsp3) is 0.226. The van der Waals surface area contributed by atoms with Crippen LogP contribution in [-0.2, 0) is 6.42 Å². The molecule has 0 N–H and O–H groups in total. The Bertz CT molecular complexity index is 1260. The Kier molecular flexibility index (Phi) is 5.98. The van der Waals surface area contributed by atoms with Crippen LogP contribution in [-0.4, -0.2) is 30.4 Å². The Labute approximate surface area is 211 Å². The van der Waals surface area contributed by atoms with Crippen LogP contribution in [0.25, 0.3) is 11.1 Å². The van der Waals surface area contributed by atoms with E-state index in [1.807, 2.05) is 0 Å². The van der Waals surface area contributed by atoms with Crippen LogP contribution in [0, 0.1) is 0 Å². The van der Waals surface area contributed by atoms with Crippen molar-refractivity contribution >= 4 is 36.9 Å². The van der Waals surface area contributed by atoms with E-state index < -0.39 is 16.1 Å². The van der Waals surface area contributed by atoms with Crippen LogP contribution in [0.4, 0.5) is 0 Å². The molecule has 0 fully saturated rings. The van der Waals surface area contributed by atoms with E-state index in [-0.39, 0.29) is 0 Å². The summed E-state index contributed by atoms with van der Waals surface area (Å²) in [7, 11) is -0.308. The van der Waals surface area contributed by atoms with Gasteiger partial charge in [-0.25, -0.2) is 0 Å². The molecule has 4 aromatic rings. The van der Waals surface area contributed by atoms with Crippen molar-refractivity contribution in [2.75, 3.05) is 14.2 Å². The van der Waals surface area contributed by atoms with Gasteiger partial charge in [0.05, 0.1) is 14.2 Å². The van der Waals surface area contributed by atoms with Gasteiger partial charge in [0, 0.05) is 0 Å². The molecule has 0 atom stereocenters. The summed E-state index contributed by atoms with van der Waals surface area (Å²) in [5.41, 5.74) is 5.91. The van der Waals surface area contributed by atoms with Gasteiger partial charge in [0.1, 0.15) is 27.6 Å². The summed E-state index contributed by atoms with van der Waals surface area (Å²) in [4.78, 5) is 0. The summed E-state index contributed by atoms with van der Waals surface area (Å²) in [6.07, 6.45) is 1.02. The Morgan fingerprint density at radius 1 is 0.514 bits per heavy atom. The number of benzene rings is 4. The predicted molar refractivity (Wildman–Crippen MR) is 154 cm³/mol. The molecule has 2 nitrogen and oxygen atoms in total. The third-order valence-electron chi connectivity index (χ3n) is 7.97. The Morgan fingerprint density at radius 2 is 0.886 bits per heavy atom.